The predicted octanol–water partition coefficient (Wildman–Crippen LogP) is 3.83. The Hall–Kier alpha value is -3.18. The lowest BCUT2D eigenvalue weighted by molar-refractivity contribution is -0.155. The zero-order valence-corrected chi connectivity index (χ0v) is 33.0. The Labute approximate surface area is 300 Å². The fourth-order valence-corrected chi connectivity index (χ4v) is 6.51. The topological polar surface area (TPSA) is 131 Å². The summed E-state index contributed by atoms with van der Waals surface area (Å²) in [5, 5.41) is 9.52. The van der Waals surface area contributed by atoms with Gasteiger partial charge >= 0.3 is 0 Å². The Bertz CT molecular complexity index is 1250. The van der Waals surface area contributed by atoms with Crippen molar-refractivity contribution in [3.8, 4) is 0 Å². The number of nitrogens with zero attached hydrogens (tertiary/aromatic N) is 3. The van der Waals surface area contributed by atoms with E-state index in [2.05, 4.69) is 16.0 Å². The molecule has 0 bridgehead atoms. The maximum atomic E-state index is 14.3. The van der Waals surface area contributed by atoms with Crippen LogP contribution < -0.4 is 16.0 Å². The molecule has 278 valence electrons. The molecule has 0 aliphatic heterocycles. The highest BCUT2D eigenvalue weighted by molar-refractivity contribution is 6.30. The van der Waals surface area contributed by atoms with Crippen molar-refractivity contribution in [2.75, 3.05) is 34.7 Å². The van der Waals surface area contributed by atoms with E-state index in [-0.39, 0.29) is 53.2 Å². The number of hydrogen-bond donors (Lipinski definition) is 3. The first-order chi connectivity index (χ1) is 22.7. The van der Waals surface area contributed by atoms with E-state index < -0.39 is 36.1 Å². The van der Waals surface area contributed by atoms with Crippen molar-refractivity contribution < 1.29 is 24.0 Å². The van der Waals surface area contributed by atoms with Crippen LogP contribution in [-0.2, 0) is 30.4 Å². The van der Waals surface area contributed by atoms with Gasteiger partial charge in [0.2, 0.25) is 29.5 Å². The first-order valence-electron chi connectivity index (χ1n) is 17.5. The minimum Gasteiger partial charge on any atom is -0.354 e. The summed E-state index contributed by atoms with van der Waals surface area (Å²) in [5.41, 5.74) is 1.03. The summed E-state index contributed by atoms with van der Waals surface area (Å²) >= 11 is 5.99. The summed E-state index contributed by atoms with van der Waals surface area (Å²) in [6.45, 7) is 19.1. The zero-order valence-electron chi connectivity index (χ0n) is 32.3. The summed E-state index contributed by atoms with van der Waals surface area (Å²) in [6.07, 6.45) is 0.606. The molecule has 0 aromatic heterocycles. The first-order valence-corrected chi connectivity index (χ1v) is 17.9. The van der Waals surface area contributed by atoms with E-state index in [1.807, 2.05) is 81.4 Å². The number of halogens is 1. The summed E-state index contributed by atoms with van der Waals surface area (Å²) in [6, 6.07) is 3.51. The predicted molar refractivity (Wildman–Crippen MR) is 197 cm³/mol. The van der Waals surface area contributed by atoms with Crippen LogP contribution in [0.25, 0.3) is 0 Å². The van der Waals surface area contributed by atoms with Crippen LogP contribution in [0.5, 0.6) is 0 Å². The van der Waals surface area contributed by atoms with Crippen LogP contribution >= 0.6 is 11.6 Å². The minimum absolute atomic E-state index is 0.00338. The molecule has 1 rings (SSSR count). The molecule has 0 aliphatic carbocycles. The third-order valence-electron chi connectivity index (χ3n) is 9.08. The maximum absolute atomic E-state index is 14.3. The van der Waals surface area contributed by atoms with Crippen molar-refractivity contribution in [3.05, 3.63) is 34.9 Å². The fraction of sp³-hybridized carbons (Fsp3) is 0.703. The molecular formula is C37H63ClN6O5. The molecule has 11 nitrogen and oxygen atoms in total. The molecule has 5 atom stereocenters. The van der Waals surface area contributed by atoms with E-state index >= 15 is 0 Å². The number of carbonyl (C=O) groups excluding carboxylic acids is 5. The molecule has 0 saturated heterocycles. The molecule has 0 aliphatic rings. The lowest BCUT2D eigenvalue weighted by Gasteiger charge is -2.41. The number of carbonyl (C=O) groups is 5. The van der Waals surface area contributed by atoms with Gasteiger partial charge in [-0.05, 0) is 60.8 Å². The number of benzene rings is 1. The Kier molecular flexibility index (Phi) is 17.8. The van der Waals surface area contributed by atoms with Crippen molar-refractivity contribution in [3.63, 3.8) is 0 Å². The van der Waals surface area contributed by atoms with Crippen molar-refractivity contribution in [1.29, 1.82) is 0 Å². The number of rotatable bonds is 18. The average molecular weight is 707 g/mol. The molecule has 1 aromatic carbocycles. The van der Waals surface area contributed by atoms with E-state index in [1.54, 1.807) is 40.3 Å². The van der Waals surface area contributed by atoms with Crippen molar-refractivity contribution >= 4 is 41.1 Å². The van der Waals surface area contributed by atoms with Gasteiger partial charge in [-0.2, -0.15) is 0 Å². The average Bonchev–Trinajstić information content (AvgIpc) is 2.99. The van der Waals surface area contributed by atoms with Crippen molar-refractivity contribution in [2.45, 2.75) is 106 Å². The first kappa shape index (κ1) is 43.8. The van der Waals surface area contributed by atoms with Gasteiger partial charge in [0.25, 0.3) is 0 Å². The fourth-order valence-electron chi connectivity index (χ4n) is 6.38. The summed E-state index contributed by atoms with van der Waals surface area (Å²) < 4.78 is 0. The van der Waals surface area contributed by atoms with Crippen LogP contribution in [0.3, 0.4) is 0 Å². The molecule has 0 saturated carbocycles. The van der Waals surface area contributed by atoms with Gasteiger partial charge in [0.1, 0.15) is 24.2 Å². The van der Waals surface area contributed by atoms with Gasteiger partial charge in [-0.25, -0.2) is 0 Å². The van der Waals surface area contributed by atoms with Crippen LogP contribution in [0.2, 0.25) is 5.02 Å². The summed E-state index contributed by atoms with van der Waals surface area (Å²) in [7, 11) is 6.44. The number of likely N-dealkylation sites (N-methyl/N-ethyl adjacent to an activating group) is 4. The molecule has 0 radical (unpaired) electrons. The van der Waals surface area contributed by atoms with Gasteiger partial charge in [0, 0.05) is 32.7 Å². The van der Waals surface area contributed by atoms with Gasteiger partial charge in [0.05, 0.1) is 6.04 Å². The molecule has 12 heteroatoms. The molecule has 3 N–H and O–H groups in total. The molecule has 0 unspecified atom stereocenters. The van der Waals surface area contributed by atoms with E-state index in [0.717, 1.165) is 5.56 Å². The van der Waals surface area contributed by atoms with Crippen LogP contribution in [0, 0.1) is 29.6 Å². The van der Waals surface area contributed by atoms with E-state index in [1.165, 1.54) is 14.7 Å². The molecule has 0 heterocycles. The summed E-state index contributed by atoms with van der Waals surface area (Å²) in [4.78, 5) is 73.2. The molecule has 49 heavy (non-hydrogen) atoms. The van der Waals surface area contributed by atoms with Gasteiger partial charge in [-0.1, -0.05) is 93.0 Å². The number of amides is 5. The van der Waals surface area contributed by atoms with Crippen LogP contribution in [0.4, 0.5) is 0 Å². The second kappa shape index (κ2) is 19.9. The SMILES string of the molecule is CN[C@H](C(=O)N[C@H](C(=O)N(C)[C@H](C(=O)N(C)[C@H](C(=O)N(C)[C@H](C(=O)NCCc1ccc(Cl)cc1)C(C)C)C(C)C)C(C)C)C(C)C)C(C)C. The second-order valence-corrected chi connectivity index (χ2v) is 15.3. The van der Waals surface area contributed by atoms with Gasteiger partial charge in [0.15, 0.2) is 0 Å². The zero-order chi connectivity index (χ0) is 37.9. The molecule has 1 aromatic rings. The molecule has 0 fully saturated rings. The molecule has 0 spiro atoms. The highest BCUT2D eigenvalue weighted by atomic mass is 35.5. The van der Waals surface area contributed by atoms with E-state index in [4.69, 9.17) is 11.6 Å². The highest BCUT2D eigenvalue weighted by Gasteiger charge is 2.42. The molecule has 5 amide bonds. The van der Waals surface area contributed by atoms with E-state index in [0.29, 0.717) is 18.0 Å². The Morgan fingerprint density at radius 3 is 1.39 bits per heavy atom. The lowest BCUT2D eigenvalue weighted by Crippen LogP contribution is -2.62. The Morgan fingerprint density at radius 1 is 0.592 bits per heavy atom. The van der Waals surface area contributed by atoms with E-state index in [9.17, 15) is 24.0 Å². The van der Waals surface area contributed by atoms with Crippen molar-refractivity contribution in [1.82, 2.24) is 30.7 Å². The van der Waals surface area contributed by atoms with Crippen LogP contribution in [-0.4, -0.2) is 109 Å². The van der Waals surface area contributed by atoms with Crippen LogP contribution in [0.1, 0.15) is 74.8 Å². The Balaban J connectivity index is 3.25. The standard InChI is InChI=1S/C37H63ClN6O5/c1-21(2)28(39-11)33(45)41-29(22(3)4)35(47)43(13)31(24(7)8)37(49)44(14)32(25(9)10)36(48)42(12)30(23(5)6)34(46)40-20-19-26-15-17-27(38)18-16-26/h15-18,21-25,28-32,39H,19-20H2,1-14H3,(H,40,46)(H,41,45)/t28-,29-,30-,31-,32-/m0/s1. The van der Waals surface area contributed by atoms with Crippen molar-refractivity contribution in [2.24, 2.45) is 29.6 Å². The van der Waals surface area contributed by atoms with Gasteiger partial charge < -0.3 is 30.7 Å². The largest absolute Gasteiger partial charge is 0.354 e. The maximum Gasteiger partial charge on any atom is 0.246 e. The molecular weight excluding hydrogens is 644 g/mol. The van der Waals surface area contributed by atoms with Crippen LogP contribution in [0.15, 0.2) is 24.3 Å². The highest BCUT2D eigenvalue weighted by Crippen LogP contribution is 2.22. The summed E-state index contributed by atoms with van der Waals surface area (Å²) in [5.74, 6) is -2.76. The smallest absolute Gasteiger partial charge is 0.246 e. The third-order valence-corrected chi connectivity index (χ3v) is 9.33. The quantitative estimate of drug-likeness (QED) is 0.213. The normalized spacial score (nSPS) is 14.8. The lowest BCUT2D eigenvalue weighted by atomic mass is 9.94. The third kappa shape index (κ3) is 12.0. The number of nitrogens with one attached hydrogen (secondary N) is 3. The number of hydrogen-bond acceptors (Lipinski definition) is 6. The minimum atomic E-state index is -0.905. The van der Waals surface area contributed by atoms with Gasteiger partial charge in [-0.3, -0.25) is 24.0 Å². The van der Waals surface area contributed by atoms with Gasteiger partial charge in [-0.15, -0.1) is 0 Å². The Morgan fingerprint density at radius 2 is 1.00 bits per heavy atom. The second-order valence-electron chi connectivity index (χ2n) is 14.8. The monoisotopic (exact) mass is 706 g/mol.